The van der Waals surface area contributed by atoms with E-state index in [1.807, 2.05) is 26.8 Å². The van der Waals surface area contributed by atoms with Gasteiger partial charge in [0.15, 0.2) is 0 Å². The van der Waals surface area contributed by atoms with Gasteiger partial charge in [0.25, 0.3) is 5.91 Å². The molecule has 0 bridgehead atoms. The molecule has 0 saturated heterocycles. The van der Waals surface area contributed by atoms with E-state index in [0.717, 1.165) is 11.3 Å². The largest absolute Gasteiger partial charge is 0.354 e. The van der Waals surface area contributed by atoms with Gasteiger partial charge in [0, 0.05) is 23.9 Å². The van der Waals surface area contributed by atoms with Crippen LogP contribution < -0.4 is 10.6 Å². The molecule has 0 aliphatic heterocycles. The highest BCUT2D eigenvalue weighted by Gasteiger charge is 2.11. The minimum absolute atomic E-state index is 0.00878. The van der Waals surface area contributed by atoms with E-state index in [-0.39, 0.29) is 17.7 Å². The van der Waals surface area contributed by atoms with E-state index < -0.39 is 0 Å². The van der Waals surface area contributed by atoms with E-state index in [9.17, 15) is 9.59 Å². The molecular weight excluding hydrogens is 260 g/mol. The van der Waals surface area contributed by atoms with Crippen LogP contribution in [0, 0.1) is 12.8 Å². The van der Waals surface area contributed by atoms with Crippen LogP contribution in [0.25, 0.3) is 0 Å². The molecule has 0 atom stereocenters. The van der Waals surface area contributed by atoms with Gasteiger partial charge in [0.05, 0.1) is 4.88 Å². The maximum absolute atomic E-state index is 11.9. The Kier molecular flexibility index (Phi) is 6.02. The minimum atomic E-state index is -0.0633. The zero-order valence-electron chi connectivity index (χ0n) is 12.0. The van der Waals surface area contributed by atoms with Gasteiger partial charge in [0.2, 0.25) is 5.91 Å². The zero-order valence-corrected chi connectivity index (χ0v) is 12.8. The molecule has 1 aromatic rings. The predicted molar refractivity (Wildman–Crippen MR) is 78.6 cm³/mol. The number of amides is 2. The number of nitrogens with one attached hydrogen (secondary N) is 2. The maximum Gasteiger partial charge on any atom is 0.261 e. The summed E-state index contributed by atoms with van der Waals surface area (Å²) in [6.45, 7) is 8.72. The van der Waals surface area contributed by atoms with Gasteiger partial charge in [-0.25, -0.2) is 0 Å². The van der Waals surface area contributed by atoms with Crippen LogP contribution in [0.3, 0.4) is 0 Å². The molecule has 0 spiro atoms. The van der Waals surface area contributed by atoms with Crippen molar-refractivity contribution < 1.29 is 9.59 Å². The van der Waals surface area contributed by atoms with E-state index in [0.29, 0.717) is 13.1 Å². The van der Waals surface area contributed by atoms with Crippen molar-refractivity contribution in [2.75, 3.05) is 13.1 Å². The van der Waals surface area contributed by atoms with Crippen LogP contribution in [-0.4, -0.2) is 24.9 Å². The first kappa shape index (κ1) is 15.7. The normalized spacial score (nSPS) is 10.6. The lowest BCUT2D eigenvalue weighted by Crippen LogP contribution is -2.36. The van der Waals surface area contributed by atoms with Crippen molar-refractivity contribution in [3.8, 4) is 0 Å². The number of aryl methyl sites for hydroxylation is 2. The smallest absolute Gasteiger partial charge is 0.261 e. The average molecular weight is 282 g/mol. The highest BCUT2D eigenvalue weighted by Crippen LogP contribution is 2.21. The number of thiophene rings is 1. The number of carbonyl (C=O) groups is 2. The number of hydrogen-bond donors (Lipinski definition) is 2. The highest BCUT2D eigenvalue weighted by atomic mass is 32.1. The van der Waals surface area contributed by atoms with Gasteiger partial charge in [-0.3, -0.25) is 9.59 Å². The maximum atomic E-state index is 11.9. The van der Waals surface area contributed by atoms with Gasteiger partial charge >= 0.3 is 0 Å². The topological polar surface area (TPSA) is 58.2 Å². The Labute approximate surface area is 118 Å². The summed E-state index contributed by atoms with van der Waals surface area (Å²) in [4.78, 5) is 25.1. The van der Waals surface area contributed by atoms with E-state index in [1.54, 1.807) is 0 Å². The quantitative estimate of drug-likeness (QED) is 0.785. The van der Waals surface area contributed by atoms with Crippen molar-refractivity contribution in [2.24, 2.45) is 5.92 Å². The molecule has 106 valence electrons. The van der Waals surface area contributed by atoms with Gasteiger partial charge in [-0.2, -0.15) is 0 Å². The standard InChI is InChI=1S/C14H22N2O2S/c1-5-11-8-12(19-10(11)4)14(18)16-7-6-15-13(17)9(2)3/h8-9H,5-7H2,1-4H3,(H,15,17)(H,16,18). The van der Waals surface area contributed by atoms with Crippen LogP contribution in [0.4, 0.5) is 0 Å². The second-order valence-corrected chi connectivity index (χ2v) is 6.00. The molecular formula is C14H22N2O2S. The van der Waals surface area contributed by atoms with Crippen molar-refractivity contribution in [2.45, 2.75) is 34.1 Å². The number of rotatable bonds is 6. The van der Waals surface area contributed by atoms with Crippen molar-refractivity contribution >= 4 is 23.2 Å². The molecule has 1 rings (SSSR count). The lowest BCUT2D eigenvalue weighted by atomic mass is 10.2. The van der Waals surface area contributed by atoms with Crippen LogP contribution in [-0.2, 0) is 11.2 Å². The van der Waals surface area contributed by atoms with Gasteiger partial charge in [0.1, 0.15) is 0 Å². The summed E-state index contributed by atoms with van der Waals surface area (Å²) in [6.07, 6.45) is 0.945. The zero-order chi connectivity index (χ0) is 14.4. The second-order valence-electron chi connectivity index (χ2n) is 4.75. The Bertz CT molecular complexity index is 452. The van der Waals surface area contributed by atoms with Gasteiger partial charge in [-0.05, 0) is 25.0 Å². The van der Waals surface area contributed by atoms with E-state index in [4.69, 9.17) is 0 Å². The second kappa shape index (κ2) is 7.28. The van der Waals surface area contributed by atoms with Crippen molar-refractivity contribution in [1.29, 1.82) is 0 Å². The molecule has 0 fully saturated rings. The van der Waals surface area contributed by atoms with Crippen molar-refractivity contribution in [3.05, 3.63) is 21.4 Å². The average Bonchev–Trinajstić information content (AvgIpc) is 2.75. The van der Waals surface area contributed by atoms with Crippen LogP contribution in [0.5, 0.6) is 0 Å². The SMILES string of the molecule is CCc1cc(C(=O)NCCNC(=O)C(C)C)sc1C. The fourth-order valence-corrected chi connectivity index (χ4v) is 2.67. The minimum Gasteiger partial charge on any atom is -0.354 e. The molecule has 0 aliphatic rings. The summed E-state index contributed by atoms with van der Waals surface area (Å²) in [5.41, 5.74) is 1.23. The lowest BCUT2D eigenvalue weighted by Gasteiger charge is -2.08. The first-order valence-corrected chi connectivity index (χ1v) is 7.42. The summed E-state index contributed by atoms with van der Waals surface area (Å²) in [5, 5.41) is 5.58. The molecule has 1 heterocycles. The third-order valence-electron chi connectivity index (χ3n) is 2.86. The molecule has 2 amide bonds. The molecule has 19 heavy (non-hydrogen) atoms. The fraction of sp³-hybridized carbons (Fsp3) is 0.571. The molecule has 2 N–H and O–H groups in total. The van der Waals surface area contributed by atoms with Crippen molar-refractivity contribution in [3.63, 3.8) is 0 Å². The van der Waals surface area contributed by atoms with E-state index in [1.165, 1.54) is 21.8 Å². The van der Waals surface area contributed by atoms with Gasteiger partial charge in [-0.15, -0.1) is 11.3 Å². The Balaban J connectivity index is 2.37. The fourth-order valence-electron chi connectivity index (χ4n) is 1.64. The van der Waals surface area contributed by atoms with Gasteiger partial charge < -0.3 is 10.6 Å². The van der Waals surface area contributed by atoms with E-state index >= 15 is 0 Å². The Hall–Kier alpha value is -1.36. The summed E-state index contributed by atoms with van der Waals surface area (Å²) in [6, 6.07) is 1.95. The summed E-state index contributed by atoms with van der Waals surface area (Å²) >= 11 is 1.52. The summed E-state index contributed by atoms with van der Waals surface area (Å²) < 4.78 is 0. The van der Waals surface area contributed by atoms with Crippen LogP contribution in [0.15, 0.2) is 6.07 Å². The van der Waals surface area contributed by atoms with Gasteiger partial charge in [-0.1, -0.05) is 20.8 Å². The first-order chi connectivity index (χ1) is 8.95. The summed E-state index contributed by atoms with van der Waals surface area (Å²) in [5.74, 6) is -0.0798. The monoisotopic (exact) mass is 282 g/mol. The molecule has 0 unspecified atom stereocenters. The number of hydrogen-bond acceptors (Lipinski definition) is 3. The summed E-state index contributed by atoms with van der Waals surface area (Å²) in [7, 11) is 0. The van der Waals surface area contributed by atoms with Crippen LogP contribution in [0.1, 0.15) is 40.9 Å². The first-order valence-electron chi connectivity index (χ1n) is 6.60. The predicted octanol–water partition coefficient (Wildman–Crippen LogP) is 2.12. The third kappa shape index (κ3) is 4.67. The lowest BCUT2D eigenvalue weighted by molar-refractivity contribution is -0.123. The molecule has 0 saturated carbocycles. The Morgan fingerprint density at radius 3 is 2.42 bits per heavy atom. The van der Waals surface area contributed by atoms with Crippen LogP contribution in [0.2, 0.25) is 0 Å². The molecule has 0 radical (unpaired) electrons. The highest BCUT2D eigenvalue weighted by molar-refractivity contribution is 7.14. The molecule has 0 aromatic carbocycles. The third-order valence-corrected chi connectivity index (χ3v) is 3.95. The Morgan fingerprint density at radius 2 is 1.89 bits per heavy atom. The molecule has 4 nitrogen and oxygen atoms in total. The van der Waals surface area contributed by atoms with Crippen molar-refractivity contribution in [1.82, 2.24) is 10.6 Å². The van der Waals surface area contributed by atoms with Crippen LogP contribution >= 0.6 is 11.3 Å². The number of carbonyl (C=O) groups excluding carboxylic acids is 2. The van der Waals surface area contributed by atoms with E-state index in [2.05, 4.69) is 17.6 Å². The Morgan fingerprint density at radius 1 is 1.26 bits per heavy atom. The molecule has 5 heteroatoms. The molecule has 1 aromatic heterocycles. The molecule has 0 aliphatic carbocycles.